The van der Waals surface area contributed by atoms with Crippen molar-refractivity contribution in [2.24, 2.45) is 0 Å². The van der Waals surface area contributed by atoms with Crippen molar-refractivity contribution in [3.63, 3.8) is 0 Å². The minimum atomic E-state index is -0.639. The highest BCUT2D eigenvalue weighted by Crippen LogP contribution is 2.35. The monoisotopic (exact) mass is 415 g/mol. The summed E-state index contributed by atoms with van der Waals surface area (Å²) in [5.74, 6) is 0.284. The van der Waals surface area contributed by atoms with Crippen LogP contribution in [-0.2, 0) is 4.79 Å². The average molecular weight is 416 g/mol. The molecule has 0 unspecified atom stereocenters. The van der Waals surface area contributed by atoms with Crippen molar-refractivity contribution < 1.29 is 14.3 Å². The third-order valence-corrected chi connectivity index (χ3v) is 4.54. The second-order valence-electron chi connectivity index (χ2n) is 5.78. The number of allylic oxidation sites excluding steroid dienone is 1. The molecule has 26 heavy (non-hydrogen) atoms. The summed E-state index contributed by atoms with van der Waals surface area (Å²) >= 11 is 3.43. The van der Waals surface area contributed by atoms with Crippen molar-refractivity contribution >= 4 is 33.6 Å². The van der Waals surface area contributed by atoms with Crippen molar-refractivity contribution in [2.45, 2.75) is 13.0 Å². The van der Waals surface area contributed by atoms with Crippen molar-refractivity contribution in [2.75, 3.05) is 12.4 Å². The number of rotatable bonds is 4. The van der Waals surface area contributed by atoms with Crippen LogP contribution in [0.1, 0.15) is 18.5 Å². The van der Waals surface area contributed by atoms with E-state index in [9.17, 15) is 9.59 Å². The molecule has 0 fully saturated rings. The smallest absolute Gasteiger partial charge is 0.319 e. The van der Waals surface area contributed by atoms with Gasteiger partial charge in [0.15, 0.2) is 0 Å². The van der Waals surface area contributed by atoms with Crippen LogP contribution in [0.5, 0.6) is 5.75 Å². The normalized spacial score (nSPS) is 16.6. The Kier molecular flexibility index (Phi) is 5.27. The van der Waals surface area contributed by atoms with Crippen molar-refractivity contribution in [3.05, 3.63) is 69.8 Å². The topological polar surface area (TPSA) is 79.5 Å². The van der Waals surface area contributed by atoms with Crippen LogP contribution >= 0.6 is 15.9 Å². The molecule has 2 aromatic carbocycles. The fourth-order valence-corrected chi connectivity index (χ4v) is 3.26. The van der Waals surface area contributed by atoms with E-state index < -0.39 is 6.04 Å². The molecule has 0 aromatic heterocycles. The number of benzene rings is 2. The Morgan fingerprint density at radius 3 is 2.62 bits per heavy atom. The van der Waals surface area contributed by atoms with E-state index in [2.05, 4.69) is 31.9 Å². The van der Waals surface area contributed by atoms with Crippen molar-refractivity contribution in [1.29, 1.82) is 0 Å². The number of carbonyl (C=O) groups is 2. The number of nitrogens with one attached hydrogen (secondary N) is 3. The minimum Gasteiger partial charge on any atom is -0.496 e. The fourth-order valence-electron chi connectivity index (χ4n) is 2.88. The molecule has 0 bridgehead atoms. The van der Waals surface area contributed by atoms with Gasteiger partial charge in [0.1, 0.15) is 5.75 Å². The Labute approximate surface area is 159 Å². The zero-order valence-electron chi connectivity index (χ0n) is 14.3. The van der Waals surface area contributed by atoms with Gasteiger partial charge in [-0.05, 0) is 37.3 Å². The Balaban J connectivity index is 2.02. The Bertz CT molecular complexity index is 881. The lowest BCUT2D eigenvalue weighted by Gasteiger charge is -2.29. The van der Waals surface area contributed by atoms with Gasteiger partial charge in [0.2, 0.25) is 0 Å². The highest BCUT2D eigenvalue weighted by atomic mass is 79.9. The predicted molar refractivity (Wildman–Crippen MR) is 103 cm³/mol. The first-order valence-corrected chi connectivity index (χ1v) is 8.77. The summed E-state index contributed by atoms with van der Waals surface area (Å²) in [4.78, 5) is 25.0. The summed E-state index contributed by atoms with van der Waals surface area (Å²) in [6.45, 7) is 1.70. The molecule has 0 saturated carbocycles. The Morgan fingerprint density at radius 2 is 1.92 bits per heavy atom. The van der Waals surface area contributed by atoms with Gasteiger partial charge in [-0.15, -0.1) is 0 Å². The van der Waals surface area contributed by atoms with Gasteiger partial charge in [-0.1, -0.05) is 34.1 Å². The van der Waals surface area contributed by atoms with E-state index in [1.54, 1.807) is 32.2 Å². The maximum absolute atomic E-state index is 12.9. The number of ether oxygens (including phenoxy) is 1. The molecular formula is C19H18BrN3O3. The van der Waals surface area contributed by atoms with Gasteiger partial charge in [0.25, 0.3) is 5.91 Å². The van der Waals surface area contributed by atoms with Crippen LogP contribution in [0.3, 0.4) is 0 Å². The number of hydrogen-bond acceptors (Lipinski definition) is 3. The van der Waals surface area contributed by atoms with Gasteiger partial charge in [-0.3, -0.25) is 4.79 Å². The van der Waals surface area contributed by atoms with Crippen molar-refractivity contribution in [3.8, 4) is 5.75 Å². The van der Waals surface area contributed by atoms with E-state index in [4.69, 9.17) is 4.74 Å². The number of anilines is 1. The SMILES string of the molecule is COc1ccc(Br)cc1[C@H]1NC(=O)NC(C)=C1C(=O)Nc1ccccc1. The third kappa shape index (κ3) is 3.72. The summed E-state index contributed by atoms with van der Waals surface area (Å²) in [7, 11) is 1.55. The number of halogens is 1. The molecule has 3 rings (SSSR count). The van der Waals surface area contributed by atoms with E-state index in [1.807, 2.05) is 30.3 Å². The van der Waals surface area contributed by atoms with Gasteiger partial charge in [-0.2, -0.15) is 0 Å². The van der Waals surface area contributed by atoms with E-state index in [1.165, 1.54) is 0 Å². The van der Waals surface area contributed by atoms with Gasteiger partial charge in [0.05, 0.1) is 18.7 Å². The Morgan fingerprint density at radius 1 is 1.19 bits per heavy atom. The summed E-state index contributed by atoms with van der Waals surface area (Å²) in [6, 6.07) is 13.6. The molecule has 0 saturated heterocycles. The number of urea groups is 1. The number of carbonyl (C=O) groups excluding carboxylic acids is 2. The van der Waals surface area contributed by atoms with Crippen LogP contribution in [0, 0.1) is 0 Å². The zero-order valence-corrected chi connectivity index (χ0v) is 15.9. The highest BCUT2D eigenvalue weighted by molar-refractivity contribution is 9.10. The van der Waals surface area contributed by atoms with Gasteiger partial charge in [-0.25, -0.2) is 4.79 Å². The lowest BCUT2D eigenvalue weighted by atomic mass is 9.94. The summed E-state index contributed by atoms with van der Waals surface area (Å²) < 4.78 is 6.24. The van der Waals surface area contributed by atoms with Crippen LogP contribution in [0.2, 0.25) is 0 Å². The molecule has 1 heterocycles. The molecule has 6 nitrogen and oxygen atoms in total. The molecule has 1 aliphatic rings. The fraction of sp³-hybridized carbons (Fsp3) is 0.158. The van der Waals surface area contributed by atoms with Gasteiger partial charge in [0, 0.05) is 21.4 Å². The summed E-state index contributed by atoms with van der Waals surface area (Å²) in [6.07, 6.45) is 0. The maximum Gasteiger partial charge on any atom is 0.319 e. The predicted octanol–water partition coefficient (Wildman–Crippen LogP) is 3.72. The van der Waals surface area contributed by atoms with Gasteiger partial charge < -0.3 is 20.7 Å². The first kappa shape index (κ1) is 18.0. The summed E-state index contributed by atoms with van der Waals surface area (Å²) in [5, 5.41) is 8.34. The number of hydrogen-bond donors (Lipinski definition) is 3. The largest absolute Gasteiger partial charge is 0.496 e. The first-order valence-electron chi connectivity index (χ1n) is 7.97. The molecule has 0 spiro atoms. The molecule has 1 atom stereocenters. The van der Waals surface area contributed by atoms with Crippen molar-refractivity contribution in [1.82, 2.24) is 10.6 Å². The molecule has 3 N–H and O–H groups in total. The maximum atomic E-state index is 12.9. The standard InChI is InChI=1S/C19H18BrN3O3/c1-11-16(18(24)22-13-6-4-3-5-7-13)17(23-19(25)21-11)14-10-12(20)8-9-15(14)26-2/h3-10,17H,1-2H3,(H,22,24)(H2,21,23,25)/t17-/m1/s1. The van der Waals surface area contributed by atoms with E-state index in [0.29, 0.717) is 28.3 Å². The Hall–Kier alpha value is -2.80. The molecule has 2 aromatic rings. The average Bonchev–Trinajstić information content (AvgIpc) is 2.61. The second kappa shape index (κ2) is 7.61. The van der Waals surface area contributed by atoms with E-state index in [0.717, 1.165) is 4.47 Å². The molecule has 0 aliphatic carbocycles. The molecule has 7 heteroatoms. The van der Waals surface area contributed by atoms with Crippen LogP contribution in [0.4, 0.5) is 10.5 Å². The second-order valence-corrected chi connectivity index (χ2v) is 6.69. The summed E-state index contributed by atoms with van der Waals surface area (Å²) in [5.41, 5.74) is 2.28. The van der Waals surface area contributed by atoms with Crippen LogP contribution < -0.4 is 20.7 Å². The molecule has 134 valence electrons. The molecule has 3 amide bonds. The lowest BCUT2D eigenvalue weighted by molar-refractivity contribution is -0.113. The van der Waals surface area contributed by atoms with E-state index >= 15 is 0 Å². The van der Waals surface area contributed by atoms with Crippen LogP contribution in [-0.4, -0.2) is 19.0 Å². The quantitative estimate of drug-likeness (QED) is 0.711. The molecular weight excluding hydrogens is 398 g/mol. The lowest BCUT2D eigenvalue weighted by Crippen LogP contribution is -2.46. The molecule has 1 aliphatic heterocycles. The minimum absolute atomic E-state index is 0.298. The van der Waals surface area contributed by atoms with Gasteiger partial charge >= 0.3 is 6.03 Å². The first-order chi connectivity index (χ1) is 12.5. The number of amides is 3. The van der Waals surface area contributed by atoms with Crippen LogP contribution in [0.25, 0.3) is 0 Å². The highest BCUT2D eigenvalue weighted by Gasteiger charge is 2.33. The number of para-hydroxylation sites is 1. The zero-order chi connectivity index (χ0) is 18.7. The molecule has 0 radical (unpaired) electrons. The number of methoxy groups -OCH3 is 1. The van der Waals surface area contributed by atoms with E-state index in [-0.39, 0.29) is 11.9 Å². The third-order valence-electron chi connectivity index (χ3n) is 4.05. The van der Waals surface area contributed by atoms with Crippen LogP contribution in [0.15, 0.2) is 64.3 Å².